The van der Waals surface area contributed by atoms with Crippen molar-refractivity contribution >= 4 is 0 Å². The van der Waals surface area contributed by atoms with E-state index in [1.54, 1.807) is 0 Å². The van der Waals surface area contributed by atoms with E-state index in [-0.39, 0.29) is 6.10 Å². The zero-order valence-corrected chi connectivity index (χ0v) is 12.4. The number of aliphatic hydroxyl groups is 1. The Morgan fingerprint density at radius 3 is 2.42 bits per heavy atom. The van der Waals surface area contributed by atoms with Crippen molar-refractivity contribution in [3.63, 3.8) is 0 Å². The number of unbranched alkanes of at least 4 members (excludes halogenated alkanes) is 6. The molecule has 0 amide bonds. The fraction of sp³-hybridized carbons (Fsp3) is 0.706. The number of aromatic nitrogens is 1. The number of hydrogen-bond donors (Lipinski definition) is 1. The molecule has 1 aromatic heterocycles. The predicted octanol–water partition coefficient (Wildman–Crippen LogP) is 4.52. The Hall–Kier alpha value is -0.890. The summed E-state index contributed by atoms with van der Waals surface area (Å²) in [5, 5.41) is 9.92. The number of rotatable bonds is 11. The van der Waals surface area contributed by atoms with Gasteiger partial charge in [-0.1, -0.05) is 57.9 Å². The zero-order chi connectivity index (χ0) is 13.8. The molecule has 2 nitrogen and oxygen atoms in total. The molecule has 0 aliphatic carbocycles. The van der Waals surface area contributed by atoms with Gasteiger partial charge in [-0.05, 0) is 31.4 Å². The van der Waals surface area contributed by atoms with E-state index in [9.17, 15) is 5.11 Å². The smallest absolute Gasteiger partial charge is 0.0544 e. The lowest BCUT2D eigenvalue weighted by atomic mass is 10.0. The molecule has 1 aromatic rings. The van der Waals surface area contributed by atoms with E-state index in [1.165, 1.54) is 38.5 Å². The quantitative estimate of drug-likeness (QED) is 0.596. The summed E-state index contributed by atoms with van der Waals surface area (Å²) in [6, 6.07) is 5.96. The second kappa shape index (κ2) is 11.0. The van der Waals surface area contributed by atoms with Crippen LogP contribution in [0.25, 0.3) is 0 Å². The molecule has 0 aromatic carbocycles. The second-order valence-corrected chi connectivity index (χ2v) is 5.42. The third-order valence-electron chi connectivity index (χ3n) is 3.60. The van der Waals surface area contributed by atoms with Crippen LogP contribution in [0.3, 0.4) is 0 Å². The van der Waals surface area contributed by atoms with Crippen LogP contribution in [0.1, 0.15) is 70.4 Å². The summed E-state index contributed by atoms with van der Waals surface area (Å²) in [5.41, 5.74) is 1.08. The fourth-order valence-corrected chi connectivity index (χ4v) is 2.34. The molecule has 0 aliphatic heterocycles. The Morgan fingerprint density at radius 2 is 1.74 bits per heavy atom. The van der Waals surface area contributed by atoms with Gasteiger partial charge in [0.2, 0.25) is 0 Å². The van der Waals surface area contributed by atoms with E-state index in [0.29, 0.717) is 0 Å². The highest BCUT2D eigenvalue weighted by atomic mass is 16.3. The van der Waals surface area contributed by atoms with Crippen molar-refractivity contribution in [3.8, 4) is 0 Å². The molecular formula is C17H29NO. The average molecular weight is 263 g/mol. The van der Waals surface area contributed by atoms with Crippen molar-refractivity contribution in [2.75, 3.05) is 0 Å². The van der Waals surface area contributed by atoms with E-state index < -0.39 is 0 Å². The highest BCUT2D eigenvalue weighted by molar-refractivity contribution is 5.03. The highest BCUT2D eigenvalue weighted by Crippen LogP contribution is 2.12. The van der Waals surface area contributed by atoms with Gasteiger partial charge in [-0.3, -0.25) is 4.98 Å². The Kier molecular flexibility index (Phi) is 9.34. The number of nitrogens with zero attached hydrogens (tertiary/aromatic N) is 1. The number of hydrogen-bond acceptors (Lipinski definition) is 2. The lowest BCUT2D eigenvalue weighted by Gasteiger charge is -2.10. The Labute approximate surface area is 118 Å². The molecule has 0 bridgehead atoms. The summed E-state index contributed by atoms with van der Waals surface area (Å²) in [5.74, 6) is 0. The Bertz CT molecular complexity index is 299. The van der Waals surface area contributed by atoms with Crippen molar-refractivity contribution in [3.05, 3.63) is 30.1 Å². The summed E-state index contributed by atoms with van der Waals surface area (Å²) < 4.78 is 0. The molecule has 0 fully saturated rings. The molecule has 1 rings (SSSR count). The van der Waals surface area contributed by atoms with Crippen LogP contribution in [0, 0.1) is 0 Å². The Morgan fingerprint density at radius 1 is 1.00 bits per heavy atom. The van der Waals surface area contributed by atoms with E-state index in [1.807, 2.05) is 24.4 Å². The lowest BCUT2D eigenvalue weighted by Crippen LogP contribution is -2.08. The lowest BCUT2D eigenvalue weighted by molar-refractivity contribution is 0.151. The van der Waals surface area contributed by atoms with Crippen molar-refractivity contribution in [1.29, 1.82) is 0 Å². The van der Waals surface area contributed by atoms with Crippen molar-refractivity contribution in [2.24, 2.45) is 0 Å². The van der Waals surface area contributed by atoms with Gasteiger partial charge in [-0.2, -0.15) is 0 Å². The van der Waals surface area contributed by atoms with Crippen molar-refractivity contribution < 1.29 is 5.11 Å². The molecule has 1 atom stereocenters. The van der Waals surface area contributed by atoms with Gasteiger partial charge in [-0.25, -0.2) is 0 Å². The molecule has 2 heteroatoms. The van der Waals surface area contributed by atoms with Crippen molar-refractivity contribution in [1.82, 2.24) is 4.98 Å². The van der Waals surface area contributed by atoms with Gasteiger partial charge in [-0.15, -0.1) is 0 Å². The van der Waals surface area contributed by atoms with Gasteiger partial charge in [0.25, 0.3) is 0 Å². The molecule has 0 radical (unpaired) electrons. The SMILES string of the molecule is CCCCCCCCCC(O)CCc1ccccn1. The molecule has 1 unspecified atom stereocenters. The van der Waals surface area contributed by atoms with E-state index in [4.69, 9.17) is 0 Å². The molecule has 19 heavy (non-hydrogen) atoms. The molecule has 0 spiro atoms. The highest BCUT2D eigenvalue weighted by Gasteiger charge is 2.04. The Balaban J connectivity index is 1.95. The fourth-order valence-electron chi connectivity index (χ4n) is 2.34. The number of pyridine rings is 1. The maximum absolute atomic E-state index is 9.92. The van der Waals surface area contributed by atoms with E-state index >= 15 is 0 Å². The monoisotopic (exact) mass is 263 g/mol. The van der Waals surface area contributed by atoms with Gasteiger partial charge in [0.15, 0.2) is 0 Å². The minimum atomic E-state index is -0.155. The largest absolute Gasteiger partial charge is 0.393 e. The molecule has 0 aliphatic rings. The van der Waals surface area contributed by atoms with E-state index in [2.05, 4.69) is 11.9 Å². The summed E-state index contributed by atoms with van der Waals surface area (Å²) in [6.45, 7) is 2.25. The standard InChI is InChI=1S/C17H29NO/c1-2-3-4-5-6-7-8-12-17(19)14-13-16-11-9-10-15-18-16/h9-11,15,17,19H,2-8,12-14H2,1H3. The van der Waals surface area contributed by atoms with Crippen LogP contribution in [-0.2, 0) is 6.42 Å². The zero-order valence-electron chi connectivity index (χ0n) is 12.4. The van der Waals surface area contributed by atoms with Gasteiger partial charge in [0, 0.05) is 11.9 Å². The normalized spacial score (nSPS) is 12.5. The van der Waals surface area contributed by atoms with Crippen LogP contribution < -0.4 is 0 Å². The third kappa shape index (κ3) is 8.77. The topological polar surface area (TPSA) is 33.1 Å². The molecule has 108 valence electrons. The predicted molar refractivity (Wildman–Crippen MR) is 81.2 cm³/mol. The first-order chi connectivity index (χ1) is 9.33. The molecule has 1 heterocycles. The van der Waals surface area contributed by atoms with Gasteiger partial charge >= 0.3 is 0 Å². The average Bonchev–Trinajstić information content (AvgIpc) is 2.45. The van der Waals surface area contributed by atoms with Crippen LogP contribution in [0.15, 0.2) is 24.4 Å². The minimum Gasteiger partial charge on any atom is -0.393 e. The number of aliphatic hydroxyl groups excluding tert-OH is 1. The first-order valence-electron chi connectivity index (χ1n) is 7.91. The molecule has 1 N–H and O–H groups in total. The van der Waals surface area contributed by atoms with Gasteiger partial charge < -0.3 is 5.11 Å². The van der Waals surface area contributed by atoms with Crippen LogP contribution in [0.5, 0.6) is 0 Å². The second-order valence-electron chi connectivity index (χ2n) is 5.42. The third-order valence-corrected chi connectivity index (χ3v) is 3.60. The molecule has 0 saturated carbocycles. The van der Waals surface area contributed by atoms with Crippen LogP contribution >= 0.6 is 0 Å². The van der Waals surface area contributed by atoms with Crippen LogP contribution in [-0.4, -0.2) is 16.2 Å². The molecular weight excluding hydrogens is 234 g/mol. The minimum absolute atomic E-state index is 0.155. The van der Waals surface area contributed by atoms with E-state index in [0.717, 1.165) is 31.4 Å². The summed E-state index contributed by atoms with van der Waals surface area (Å²) in [7, 11) is 0. The summed E-state index contributed by atoms with van der Waals surface area (Å²) in [6.07, 6.45) is 13.5. The number of aryl methyl sites for hydroxylation is 1. The van der Waals surface area contributed by atoms with Crippen LogP contribution in [0.4, 0.5) is 0 Å². The maximum atomic E-state index is 9.92. The summed E-state index contributed by atoms with van der Waals surface area (Å²) in [4.78, 5) is 4.28. The van der Waals surface area contributed by atoms with Gasteiger partial charge in [0.1, 0.15) is 0 Å². The van der Waals surface area contributed by atoms with Gasteiger partial charge in [0.05, 0.1) is 6.10 Å². The maximum Gasteiger partial charge on any atom is 0.0544 e. The summed E-state index contributed by atoms with van der Waals surface area (Å²) >= 11 is 0. The van der Waals surface area contributed by atoms with Crippen LogP contribution in [0.2, 0.25) is 0 Å². The first-order valence-corrected chi connectivity index (χ1v) is 7.91. The first kappa shape index (κ1) is 16.2. The molecule has 0 saturated heterocycles. The van der Waals surface area contributed by atoms with Crippen molar-refractivity contribution in [2.45, 2.75) is 77.2 Å².